The molecule has 0 bridgehead atoms. The Bertz CT molecular complexity index is 402. The highest BCUT2D eigenvalue weighted by Crippen LogP contribution is 2.33. The highest BCUT2D eigenvalue weighted by molar-refractivity contribution is 5.82. The van der Waals surface area contributed by atoms with Crippen LogP contribution in [0.25, 0.3) is 0 Å². The summed E-state index contributed by atoms with van der Waals surface area (Å²) in [6.07, 6.45) is 4.37. The van der Waals surface area contributed by atoms with Gasteiger partial charge in [-0.3, -0.25) is 4.90 Å². The third kappa shape index (κ3) is 3.23. The highest BCUT2D eigenvalue weighted by Gasteiger charge is 2.39. The van der Waals surface area contributed by atoms with Crippen LogP contribution in [0.5, 0.6) is 0 Å². The Morgan fingerprint density at radius 3 is 3.05 bits per heavy atom. The molecule has 2 atom stereocenters. The van der Waals surface area contributed by atoms with Crippen LogP contribution in [0.2, 0.25) is 0 Å². The molecule has 5 nitrogen and oxygen atoms in total. The lowest BCUT2D eigenvalue weighted by Gasteiger charge is -2.22. The minimum absolute atomic E-state index is 0.0785. The quantitative estimate of drug-likeness (QED) is 0.420. The number of aliphatic hydroxyl groups is 2. The van der Waals surface area contributed by atoms with E-state index in [1.54, 1.807) is 6.92 Å². The van der Waals surface area contributed by atoms with Crippen LogP contribution in [-0.2, 0) is 9.53 Å². The standard InChI is InChI=1S/C14H21NO4/c1-10(7-16)6-13(18)19-9-12-3-5-15-4-2-11(8-17)14(12)15/h2,6,12,14,16-17H,3-5,7-9H2,1H3/b10-6+/t12-,14+/m1/s1. The molecule has 2 aliphatic heterocycles. The molecule has 0 spiro atoms. The second kappa shape index (κ2) is 6.32. The van der Waals surface area contributed by atoms with E-state index in [2.05, 4.69) is 11.0 Å². The summed E-state index contributed by atoms with van der Waals surface area (Å²) in [5, 5.41) is 18.2. The first-order chi connectivity index (χ1) is 9.15. The van der Waals surface area contributed by atoms with Crippen LogP contribution >= 0.6 is 0 Å². The number of carbonyl (C=O) groups is 1. The Hall–Kier alpha value is -1.17. The minimum Gasteiger partial charge on any atom is -0.462 e. The molecule has 0 aromatic carbocycles. The highest BCUT2D eigenvalue weighted by atomic mass is 16.5. The maximum absolute atomic E-state index is 11.5. The van der Waals surface area contributed by atoms with Gasteiger partial charge in [0.15, 0.2) is 0 Å². The Kier molecular flexibility index (Phi) is 4.74. The molecular formula is C14H21NO4. The van der Waals surface area contributed by atoms with Crippen molar-refractivity contribution < 1.29 is 19.7 Å². The molecule has 2 rings (SSSR count). The fourth-order valence-electron chi connectivity index (χ4n) is 2.83. The molecular weight excluding hydrogens is 246 g/mol. The number of carbonyl (C=O) groups excluding carboxylic acids is 1. The summed E-state index contributed by atoms with van der Waals surface area (Å²) >= 11 is 0. The maximum atomic E-state index is 11.5. The zero-order chi connectivity index (χ0) is 13.8. The number of ether oxygens (including phenoxy) is 1. The molecule has 0 aliphatic carbocycles. The first-order valence-corrected chi connectivity index (χ1v) is 6.64. The van der Waals surface area contributed by atoms with E-state index in [1.165, 1.54) is 6.08 Å². The van der Waals surface area contributed by atoms with E-state index in [0.29, 0.717) is 12.2 Å². The Morgan fingerprint density at radius 2 is 2.37 bits per heavy atom. The van der Waals surface area contributed by atoms with Crippen LogP contribution in [0, 0.1) is 5.92 Å². The minimum atomic E-state index is -0.405. The van der Waals surface area contributed by atoms with Gasteiger partial charge in [-0.15, -0.1) is 0 Å². The summed E-state index contributed by atoms with van der Waals surface area (Å²) in [4.78, 5) is 13.8. The summed E-state index contributed by atoms with van der Waals surface area (Å²) in [7, 11) is 0. The van der Waals surface area contributed by atoms with Crippen molar-refractivity contribution in [2.45, 2.75) is 19.4 Å². The van der Waals surface area contributed by atoms with E-state index in [1.807, 2.05) is 0 Å². The van der Waals surface area contributed by atoms with Gasteiger partial charge in [-0.1, -0.05) is 6.08 Å². The molecule has 5 heteroatoms. The number of aliphatic hydroxyl groups excluding tert-OH is 2. The lowest BCUT2D eigenvalue weighted by atomic mass is 9.96. The third-order valence-electron chi connectivity index (χ3n) is 3.83. The molecule has 0 unspecified atom stereocenters. The van der Waals surface area contributed by atoms with Crippen LogP contribution < -0.4 is 0 Å². The van der Waals surface area contributed by atoms with Crippen LogP contribution in [0.1, 0.15) is 13.3 Å². The Balaban J connectivity index is 1.87. The summed E-state index contributed by atoms with van der Waals surface area (Å²) in [5.41, 5.74) is 1.63. The van der Waals surface area contributed by atoms with E-state index in [4.69, 9.17) is 9.84 Å². The third-order valence-corrected chi connectivity index (χ3v) is 3.83. The molecule has 2 heterocycles. The smallest absolute Gasteiger partial charge is 0.330 e. The van der Waals surface area contributed by atoms with Crippen molar-refractivity contribution in [1.82, 2.24) is 4.90 Å². The lowest BCUT2D eigenvalue weighted by molar-refractivity contribution is -0.139. The maximum Gasteiger partial charge on any atom is 0.330 e. The normalized spacial score (nSPS) is 27.3. The van der Waals surface area contributed by atoms with Crippen molar-refractivity contribution in [3.8, 4) is 0 Å². The molecule has 0 amide bonds. The monoisotopic (exact) mass is 267 g/mol. The molecule has 1 saturated heterocycles. The van der Waals surface area contributed by atoms with E-state index in [9.17, 15) is 9.90 Å². The second-order valence-electron chi connectivity index (χ2n) is 5.20. The van der Waals surface area contributed by atoms with Gasteiger partial charge < -0.3 is 14.9 Å². The van der Waals surface area contributed by atoms with Crippen LogP contribution in [0.3, 0.4) is 0 Å². The molecule has 19 heavy (non-hydrogen) atoms. The van der Waals surface area contributed by atoms with Crippen molar-refractivity contribution in [2.24, 2.45) is 5.92 Å². The van der Waals surface area contributed by atoms with Gasteiger partial charge in [0.2, 0.25) is 0 Å². The Morgan fingerprint density at radius 1 is 1.58 bits per heavy atom. The Labute approximate surface area is 113 Å². The van der Waals surface area contributed by atoms with Gasteiger partial charge in [0.25, 0.3) is 0 Å². The van der Waals surface area contributed by atoms with Crippen molar-refractivity contribution in [3.05, 3.63) is 23.3 Å². The first-order valence-electron chi connectivity index (χ1n) is 6.64. The summed E-state index contributed by atoms with van der Waals surface area (Å²) in [6, 6.07) is 0.223. The van der Waals surface area contributed by atoms with Gasteiger partial charge in [0, 0.05) is 24.6 Å². The van der Waals surface area contributed by atoms with Gasteiger partial charge in [-0.05, 0) is 31.0 Å². The molecule has 0 aromatic heterocycles. The van der Waals surface area contributed by atoms with Gasteiger partial charge >= 0.3 is 5.97 Å². The molecule has 0 saturated carbocycles. The largest absolute Gasteiger partial charge is 0.462 e. The SMILES string of the molecule is C/C(=C\C(=O)OC[C@H]1CCN2CC=C(CO)[C@@H]12)CO. The zero-order valence-electron chi connectivity index (χ0n) is 11.2. The summed E-state index contributed by atoms with van der Waals surface area (Å²) < 4.78 is 5.24. The first kappa shape index (κ1) is 14.2. The molecule has 0 radical (unpaired) electrons. The summed E-state index contributed by atoms with van der Waals surface area (Å²) in [5.74, 6) is -0.148. The number of hydrogen-bond acceptors (Lipinski definition) is 5. The number of rotatable bonds is 5. The number of esters is 1. The summed E-state index contributed by atoms with van der Waals surface area (Å²) in [6.45, 7) is 3.86. The van der Waals surface area contributed by atoms with E-state index < -0.39 is 5.97 Å². The van der Waals surface area contributed by atoms with Gasteiger partial charge in [-0.2, -0.15) is 0 Å². The number of hydrogen-bond donors (Lipinski definition) is 2. The average Bonchev–Trinajstić information content (AvgIpc) is 2.97. The number of nitrogens with zero attached hydrogens (tertiary/aromatic N) is 1. The lowest BCUT2D eigenvalue weighted by Crippen LogP contribution is -2.32. The van der Waals surface area contributed by atoms with E-state index in [0.717, 1.165) is 25.1 Å². The van der Waals surface area contributed by atoms with Crippen LogP contribution in [-0.4, -0.2) is 60.0 Å². The molecule has 2 N–H and O–H groups in total. The van der Waals surface area contributed by atoms with Gasteiger partial charge in [0.05, 0.1) is 19.8 Å². The van der Waals surface area contributed by atoms with E-state index in [-0.39, 0.29) is 25.2 Å². The van der Waals surface area contributed by atoms with Gasteiger partial charge in [0.1, 0.15) is 0 Å². The van der Waals surface area contributed by atoms with Crippen LogP contribution in [0.15, 0.2) is 23.3 Å². The van der Waals surface area contributed by atoms with Crippen molar-refractivity contribution in [1.29, 1.82) is 0 Å². The topological polar surface area (TPSA) is 70.0 Å². The van der Waals surface area contributed by atoms with Crippen LogP contribution in [0.4, 0.5) is 0 Å². The van der Waals surface area contributed by atoms with Crippen molar-refractivity contribution >= 4 is 5.97 Å². The van der Waals surface area contributed by atoms with Gasteiger partial charge in [-0.25, -0.2) is 4.79 Å². The molecule has 106 valence electrons. The molecule has 1 fully saturated rings. The predicted octanol–water partition coefficient (Wildman–Crippen LogP) is 0.0910. The molecule has 2 aliphatic rings. The zero-order valence-corrected chi connectivity index (χ0v) is 11.2. The second-order valence-corrected chi connectivity index (χ2v) is 5.20. The fourth-order valence-corrected chi connectivity index (χ4v) is 2.83. The number of fused-ring (bicyclic) bond motifs is 1. The van der Waals surface area contributed by atoms with Crippen molar-refractivity contribution in [3.63, 3.8) is 0 Å². The van der Waals surface area contributed by atoms with Crippen molar-refractivity contribution in [2.75, 3.05) is 32.9 Å². The van der Waals surface area contributed by atoms with E-state index >= 15 is 0 Å². The average molecular weight is 267 g/mol. The predicted molar refractivity (Wildman–Crippen MR) is 70.4 cm³/mol. The molecule has 0 aromatic rings. The fraction of sp³-hybridized carbons (Fsp3) is 0.643.